The number of morpholine rings is 1. The Labute approximate surface area is 194 Å². The van der Waals surface area contributed by atoms with E-state index in [1.54, 1.807) is 24.3 Å². The van der Waals surface area contributed by atoms with E-state index < -0.39 is 17.7 Å². The summed E-state index contributed by atoms with van der Waals surface area (Å²) in [7, 11) is 0. The van der Waals surface area contributed by atoms with E-state index >= 15 is 0 Å². The molecule has 2 aromatic carbocycles. The van der Waals surface area contributed by atoms with E-state index in [1.165, 1.54) is 16.9 Å². The zero-order valence-electron chi connectivity index (χ0n) is 18.4. The first kappa shape index (κ1) is 23.5. The molecule has 0 saturated carbocycles. The molecule has 0 atom stereocenters. The van der Waals surface area contributed by atoms with Gasteiger partial charge < -0.3 is 9.47 Å². The van der Waals surface area contributed by atoms with Crippen molar-refractivity contribution in [3.8, 4) is 5.69 Å². The highest BCUT2D eigenvalue weighted by Gasteiger charge is 2.12. The third-order valence-corrected chi connectivity index (χ3v) is 5.28. The fourth-order valence-electron chi connectivity index (χ4n) is 3.58. The fourth-order valence-corrected chi connectivity index (χ4v) is 3.58. The molecular formula is C24H24F2N4O4. The van der Waals surface area contributed by atoms with Crippen molar-refractivity contribution in [3.63, 3.8) is 0 Å². The molecule has 1 amide bonds. The number of benzene rings is 2. The van der Waals surface area contributed by atoms with E-state index in [9.17, 15) is 18.4 Å². The van der Waals surface area contributed by atoms with E-state index in [4.69, 9.17) is 9.47 Å². The van der Waals surface area contributed by atoms with Crippen molar-refractivity contribution >= 4 is 11.8 Å². The number of aromatic nitrogens is 2. The first-order valence-corrected chi connectivity index (χ1v) is 10.8. The molecular weight excluding hydrogens is 446 g/mol. The van der Waals surface area contributed by atoms with Crippen LogP contribution in [0.4, 0.5) is 19.3 Å². The van der Waals surface area contributed by atoms with Gasteiger partial charge in [-0.2, -0.15) is 5.10 Å². The average molecular weight is 470 g/mol. The number of ether oxygens (including phenoxy) is 2. The third kappa shape index (κ3) is 6.46. The number of nitrogens with zero attached hydrogens (tertiary/aromatic N) is 3. The molecule has 0 aliphatic carbocycles. The van der Waals surface area contributed by atoms with Crippen molar-refractivity contribution in [2.45, 2.75) is 6.42 Å². The molecule has 1 aromatic heterocycles. The van der Waals surface area contributed by atoms with Crippen LogP contribution in [0.1, 0.15) is 11.3 Å². The molecule has 1 aliphatic heterocycles. The van der Waals surface area contributed by atoms with Gasteiger partial charge in [-0.1, -0.05) is 12.1 Å². The van der Waals surface area contributed by atoms with Gasteiger partial charge in [0.2, 0.25) is 5.43 Å². The molecule has 3 aromatic rings. The Morgan fingerprint density at radius 3 is 2.62 bits per heavy atom. The molecule has 34 heavy (non-hydrogen) atoms. The van der Waals surface area contributed by atoms with Crippen LogP contribution >= 0.6 is 0 Å². The number of hydrogen-bond acceptors (Lipinski definition) is 6. The van der Waals surface area contributed by atoms with Crippen LogP contribution in [0.25, 0.3) is 5.69 Å². The number of halogens is 2. The smallest absolute Gasteiger partial charge is 0.411 e. The van der Waals surface area contributed by atoms with Crippen LogP contribution < -0.4 is 10.7 Å². The van der Waals surface area contributed by atoms with Gasteiger partial charge in [0.05, 0.1) is 18.9 Å². The summed E-state index contributed by atoms with van der Waals surface area (Å²) in [6, 6.07) is 11.2. The number of carbonyl (C=O) groups is 1. The lowest BCUT2D eigenvalue weighted by molar-refractivity contribution is 0.0290. The lowest BCUT2D eigenvalue weighted by Crippen LogP contribution is -2.38. The van der Waals surface area contributed by atoms with Crippen molar-refractivity contribution < 1.29 is 23.0 Å². The summed E-state index contributed by atoms with van der Waals surface area (Å²) in [6.07, 6.45) is 0.947. The van der Waals surface area contributed by atoms with E-state index in [1.807, 2.05) is 0 Å². The summed E-state index contributed by atoms with van der Waals surface area (Å²) >= 11 is 0. The van der Waals surface area contributed by atoms with Gasteiger partial charge in [0.1, 0.15) is 23.9 Å². The first-order valence-electron chi connectivity index (χ1n) is 10.8. The Balaban J connectivity index is 1.39. The topological polar surface area (TPSA) is 85.7 Å². The normalized spacial score (nSPS) is 14.1. The Bertz CT molecular complexity index is 1190. The van der Waals surface area contributed by atoms with Crippen LogP contribution in [0.5, 0.6) is 0 Å². The highest BCUT2D eigenvalue weighted by atomic mass is 19.1. The van der Waals surface area contributed by atoms with Crippen molar-refractivity contribution in [3.05, 3.63) is 87.8 Å². The second-order valence-electron chi connectivity index (χ2n) is 7.79. The average Bonchev–Trinajstić information content (AvgIpc) is 2.81. The van der Waals surface area contributed by atoms with Crippen LogP contribution in [0.3, 0.4) is 0 Å². The van der Waals surface area contributed by atoms with Crippen LogP contribution in [-0.4, -0.2) is 60.2 Å². The lowest BCUT2D eigenvalue weighted by atomic mass is 10.1. The van der Waals surface area contributed by atoms with Gasteiger partial charge in [0, 0.05) is 50.1 Å². The van der Waals surface area contributed by atoms with E-state index in [2.05, 4.69) is 15.3 Å². The van der Waals surface area contributed by atoms with E-state index in [-0.39, 0.29) is 29.8 Å². The van der Waals surface area contributed by atoms with Gasteiger partial charge in [-0.05, 0) is 29.8 Å². The minimum atomic E-state index is -0.743. The molecule has 0 unspecified atom stereocenters. The molecule has 1 N–H and O–H groups in total. The van der Waals surface area contributed by atoms with Crippen molar-refractivity contribution in [1.82, 2.24) is 14.7 Å². The Morgan fingerprint density at radius 2 is 1.85 bits per heavy atom. The molecule has 4 rings (SSSR count). The predicted molar refractivity (Wildman–Crippen MR) is 121 cm³/mol. The van der Waals surface area contributed by atoms with Gasteiger partial charge in [-0.15, -0.1) is 0 Å². The minimum Gasteiger partial charge on any atom is -0.448 e. The van der Waals surface area contributed by atoms with Crippen LogP contribution in [0.15, 0.2) is 59.5 Å². The van der Waals surface area contributed by atoms with Gasteiger partial charge >= 0.3 is 6.09 Å². The summed E-state index contributed by atoms with van der Waals surface area (Å²) < 4.78 is 38.9. The third-order valence-electron chi connectivity index (χ3n) is 5.28. The Hall–Kier alpha value is -3.63. The van der Waals surface area contributed by atoms with Crippen LogP contribution in [-0.2, 0) is 15.9 Å². The standard InChI is InChI=1S/C24H24F2N4O4/c25-18-14-19(26)16-21(15-18)30-5-4-23(31)22(28-30)13-17-2-1-3-20(12-17)27-24(32)34-11-8-29-6-9-33-10-7-29/h1-5,12,14-16H,6-11,13H2,(H,27,32). The maximum absolute atomic E-state index is 13.6. The molecule has 8 nitrogen and oxygen atoms in total. The number of rotatable bonds is 7. The van der Waals surface area contributed by atoms with Crippen molar-refractivity contribution in [1.29, 1.82) is 0 Å². The van der Waals surface area contributed by atoms with Crippen molar-refractivity contribution in [2.75, 3.05) is 44.8 Å². The van der Waals surface area contributed by atoms with Gasteiger partial charge in [0.15, 0.2) is 0 Å². The van der Waals surface area contributed by atoms with E-state index in [0.29, 0.717) is 25.4 Å². The number of amides is 1. The highest BCUT2D eigenvalue weighted by molar-refractivity contribution is 5.84. The van der Waals surface area contributed by atoms with Gasteiger partial charge in [0.25, 0.3) is 0 Å². The molecule has 178 valence electrons. The molecule has 0 radical (unpaired) electrons. The molecule has 10 heteroatoms. The van der Waals surface area contributed by atoms with Gasteiger partial charge in [-0.3, -0.25) is 15.0 Å². The predicted octanol–water partition coefficient (Wildman–Crippen LogP) is 2.98. The quantitative estimate of drug-likeness (QED) is 0.572. The van der Waals surface area contributed by atoms with E-state index in [0.717, 1.165) is 36.9 Å². The zero-order chi connectivity index (χ0) is 23.9. The zero-order valence-corrected chi connectivity index (χ0v) is 18.4. The number of anilines is 1. The van der Waals surface area contributed by atoms with Crippen molar-refractivity contribution in [2.24, 2.45) is 0 Å². The summed E-state index contributed by atoms with van der Waals surface area (Å²) in [5.41, 5.74) is 1.27. The number of carbonyl (C=O) groups excluding carboxylic acids is 1. The molecule has 1 saturated heterocycles. The summed E-state index contributed by atoms with van der Waals surface area (Å²) in [6.45, 7) is 3.89. The number of hydrogen-bond donors (Lipinski definition) is 1. The first-order chi connectivity index (χ1) is 16.5. The SMILES string of the molecule is O=C(Nc1cccc(Cc2nn(-c3cc(F)cc(F)c3)ccc2=O)c1)OCCN1CCOCC1. The molecule has 0 spiro atoms. The maximum Gasteiger partial charge on any atom is 0.411 e. The van der Waals surface area contributed by atoms with Crippen LogP contribution in [0, 0.1) is 11.6 Å². The minimum absolute atomic E-state index is 0.161. The summed E-state index contributed by atoms with van der Waals surface area (Å²) in [5, 5.41) is 6.92. The molecule has 1 aliphatic rings. The highest BCUT2D eigenvalue weighted by Crippen LogP contribution is 2.15. The largest absolute Gasteiger partial charge is 0.448 e. The molecule has 2 heterocycles. The van der Waals surface area contributed by atoms with Gasteiger partial charge in [-0.25, -0.2) is 18.3 Å². The summed E-state index contributed by atoms with van der Waals surface area (Å²) in [4.78, 5) is 26.6. The molecule has 1 fully saturated rings. The molecule has 0 bridgehead atoms. The van der Waals surface area contributed by atoms with Crippen LogP contribution in [0.2, 0.25) is 0 Å². The second kappa shape index (κ2) is 11.0. The fraction of sp³-hybridized carbons (Fsp3) is 0.292. The Morgan fingerprint density at radius 1 is 1.09 bits per heavy atom. The maximum atomic E-state index is 13.6. The number of nitrogens with one attached hydrogen (secondary N) is 1. The Kier molecular flexibility index (Phi) is 7.61. The summed E-state index contributed by atoms with van der Waals surface area (Å²) in [5.74, 6) is -1.49. The monoisotopic (exact) mass is 470 g/mol. The lowest BCUT2D eigenvalue weighted by Gasteiger charge is -2.26. The second-order valence-corrected chi connectivity index (χ2v) is 7.79.